The second-order valence-corrected chi connectivity index (χ2v) is 20.4. The fourth-order valence-electron chi connectivity index (χ4n) is 8.09. The second-order valence-electron chi connectivity index (χ2n) is 20.4. The normalized spacial score (nSPS) is 9.58. The minimum Gasteiger partial charge on any atom is -0.508 e. The Hall–Kier alpha value is -15.0. The molecule has 0 spiro atoms. The maximum atomic E-state index is 11.3. The summed E-state index contributed by atoms with van der Waals surface area (Å²) in [5.74, 6) is -8.05. The quantitative estimate of drug-likeness (QED) is 0.0144. The minimum absolute atomic E-state index is 0.00324. The van der Waals surface area contributed by atoms with Crippen molar-refractivity contribution in [1.82, 2.24) is 0 Å². The molecule has 0 aliphatic carbocycles. The standard InChI is InChI=1S/C13H18O5.C12H14O7.C10H12O5.C9H10O5.C9H10O4.C7H6O5.C7H6O4.C7H6O3/c1-4-16-10-7-9(13(14)15)8-11(17-5-2)12(10)18-6-3;1-4-18-12(15)19-10-8(16-2)5-7(11(13)14)6-9(10)17-3;1-13-7-4-6(10(11)12)5-8(14-2)9(7)15-3;1-13-6-3-5(9(11)12)4-7(14-2)8(6)10;1-12-7-4-3-6(9(10)11)5-8(7)13-2;8-4-1-3(7(11)12)2-5(9)6(4)10;8-5-1-4(7(10)11)2-6(9)3-5;8-6-3-1-5(2-4-6)7(9)10/h7-8H,4-6H2,1-3H3,(H,14,15);5-6H,4H2,1-3H3,(H,13,14);4-5H,1-3H3,(H,11,12);3-4,10H,1-2H3,(H,11,12);3-5H,1-2H3,(H,10,11);1-2,8-10H,(H,11,12);1-3,8-9H,(H,10,11);1-4,8H,(H,9,10). The summed E-state index contributed by atoms with van der Waals surface area (Å²) in [4.78, 5) is 96.1. The summed E-state index contributed by atoms with van der Waals surface area (Å²) >= 11 is 0. The van der Waals surface area contributed by atoms with Crippen molar-refractivity contribution in [2.24, 2.45) is 0 Å². The van der Waals surface area contributed by atoms with E-state index in [4.69, 9.17) is 133 Å². The van der Waals surface area contributed by atoms with Gasteiger partial charge in [-0.15, -0.1) is 0 Å². The Balaban J connectivity index is 0.000000645. The Morgan fingerprint density at radius 1 is 0.250 bits per heavy atom. The van der Waals surface area contributed by atoms with E-state index in [-0.39, 0.29) is 103 Å². The van der Waals surface area contributed by atoms with Crippen LogP contribution in [0.15, 0.2) is 121 Å². The van der Waals surface area contributed by atoms with Gasteiger partial charge in [-0.2, -0.15) is 0 Å². The molecule has 112 heavy (non-hydrogen) atoms. The highest BCUT2D eigenvalue weighted by atomic mass is 16.7. The lowest BCUT2D eigenvalue weighted by molar-refractivity contribution is 0.0685. The predicted octanol–water partition coefficient (Wildman–Crippen LogP) is 10.8. The van der Waals surface area contributed by atoms with Gasteiger partial charge in [-0.1, -0.05) is 0 Å². The number of rotatable bonds is 25. The zero-order valence-electron chi connectivity index (χ0n) is 62.0. The van der Waals surface area contributed by atoms with E-state index in [0.717, 1.165) is 30.3 Å². The zero-order valence-corrected chi connectivity index (χ0v) is 62.0. The van der Waals surface area contributed by atoms with Gasteiger partial charge in [-0.3, -0.25) is 0 Å². The highest BCUT2D eigenvalue weighted by Crippen LogP contribution is 2.42. The number of aromatic carboxylic acids is 8. The van der Waals surface area contributed by atoms with E-state index < -0.39 is 71.2 Å². The van der Waals surface area contributed by atoms with E-state index in [2.05, 4.69) is 4.74 Å². The van der Waals surface area contributed by atoms with Crippen LogP contribution in [0.2, 0.25) is 0 Å². The van der Waals surface area contributed by atoms with Gasteiger partial charge in [0.05, 0.1) is 135 Å². The molecule has 0 bridgehead atoms. The summed E-state index contributed by atoms with van der Waals surface area (Å²) < 4.78 is 70.3. The minimum atomic E-state index is -1.29. The van der Waals surface area contributed by atoms with Crippen molar-refractivity contribution >= 4 is 53.9 Å². The van der Waals surface area contributed by atoms with Crippen LogP contribution in [-0.4, -0.2) is 221 Å². The number of hydrogen-bond acceptors (Lipinski definition) is 30. The molecular weight excluding hydrogens is 1500 g/mol. The van der Waals surface area contributed by atoms with Gasteiger partial charge in [0, 0.05) is 6.07 Å². The molecule has 0 heterocycles. The van der Waals surface area contributed by atoms with Crippen LogP contribution in [0.4, 0.5) is 4.79 Å². The van der Waals surface area contributed by atoms with Gasteiger partial charge in [0.25, 0.3) is 0 Å². The van der Waals surface area contributed by atoms with Crippen LogP contribution < -0.4 is 61.6 Å². The van der Waals surface area contributed by atoms with Gasteiger partial charge in [0.15, 0.2) is 74.7 Å². The molecule has 8 aromatic rings. The first kappa shape index (κ1) is 95.0. The van der Waals surface area contributed by atoms with E-state index in [1.807, 2.05) is 20.8 Å². The molecule has 0 aromatic heterocycles. The number of carbonyl (C=O) groups excluding carboxylic acids is 1. The van der Waals surface area contributed by atoms with Crippen molar-refractivity contribution in [3.8, 4) is 115 Å². The van der Waals surface area contributed by atoms with Crippen LogP contribution in [0, 0.1) is 0 Å². The molecule has 0 unspecified atom stereocenters. The lowest BCUT2D eigenvalue weighted by Gasteiger charge is -2.16. The van der Waals surface area contributed by atoms with E-state index in [0.29, 0.717) is 65.8 Å². The number of methoxy groups -OCH3 is 9. The smallest absolute Gasteiger partial charge is 0.508 e. The molecule has 38 heteroatoms. The molecule has 0 amide bonds. The number of carboxylic acid groups (broad SMARTS) is 8. The fraction of sp³-hybridized carbons (Fsp3) is 0.230. The van der Waals surface area contributed by atoms with Crippen LogP contribution in [-0.2, 0) is 4.74 Å². The molecule has 606 valence electrons. The van der Waals surface area contributed by atoms with E-state index in [1.165, 1.54) is 149 Å². The van der Waals surface area contributed by atoms with Crippen molar-refractivity contribution in [1.29, 1.82) is 0 Å². The highest BCUT2D eigenvalue weighted by Gasteiger charge is 2.23. The third-order valence-corrected chi connectivity index (χ3v) is 13.2. The molecule has 38 nitrogen and oxygen atoms in total. The molecule has 0 atom stereocenters. The van der Waals surface area contributed by atoms with E-state index in [9.17, 15) is 48.3 Å². The van der Waals surface area contributed by atoms with Crippen molar-refractivity contribution < 1.29 is 186 Å². The Morgan fingerprint density at radius 2 is 0.545 bits per heavy atom. The van der Waals surface area contributed by atoms with Crippen molar-refractivity contribution in [2.45, 2.75) is 27.7 Å². The Kier molecular flexibility index (Phi) is 40.9. The number of hydrogen-bond donors (Lipinski definition) is 15. The van der Waals surface area contributed by atoms with Crippen molar-refractivity contribution in [2.75, 3.05) is 90.4 Å². The number of aromatic hydroxyl groups is 7. The highest BCUT2D eigenvalue weighted by molar-refractivity contribution is 5.93. The lowest BCUT2D eigenvalue weighted by Crippen LogP contribution is -2.12. The van der Waals surface area contributed by atoms with E-state index >= 15 is 0 Å². The fourth-order valence-corrected chi connectivity index (χ4v) is 8.09. The first-order valence-electron chi connectivity index (χ1n) is 31.5. The zero-order chi connectivity index (χ0) is 85.2. The molecule has 0 radical (unpaired) electrons. The Bertz CT molecular complexity index is 4340. The molecule has 15 N–H and O–H groups in total. The number of carboxylic acids is 8. The maximum absolute atomic E-state index is 11.3. The third-order valence-electron chi connectivity index (χ3n) is 13.2. The van der Waals surface area contributed by atoms with Gasteiger partial charge in [0.2, 0.25) is 23.0 Å². The number of benzene rings is 8. The van der Waals surface area contributed by atoms with Gasteiger partial charge < -0.3 is 143 Å². The topological polar surface area (TPSA) is 586 Å². The Labute approximate surface area is 636 Å². The number of phenols is 7. The third kappa shape index (κ3) is 30.5. The van der Waals surface area contributed by atoms with Gasteiger partial charge in [-0.05, 0) is 143 Å². The van der Waals surface area contributed by atoms with Crippen LogP contribution in [0.5, 0.6) is 115 Å². The van der Waals surface area contributed by atoms with E-state index in [1.54, 1.807) is 13.0 Å². The predicted molar refractivity (Wildman–Crippen MR) is 389 cm³/mol. The lowest BCUT2D eigenvalue weighted by atomic mass is 10.2. The van der Waals surface area contributed by atoms with Crippen molar-refractivity contribution in [3.05, 3.63) is 166 Å². The summed E-state index contributed by atoms with van der Waals surface area (Å²) in [5.41, 5.74) is 0.0806. The molecular formula is C74H82O38. The SMILES string of the molecule is CCOC(=O)Oc1c(OC)cc(C(=O)O)cc1OC.CCOc1cc(C(=O)O)cc(OCC)c1OCC.COc1cc(C(=O)O)cc(OC)c1O.COc1cc(C(=O)O)cc(OC)c1OC.COc1ccc(C(=O)O)cc1OC.O=C(O)c1cc(O)c(O)c(O)c1.O=C(O)c1cc(O)cc(O)c1.O=C(O)c1ccc(O)cc1. The number of carbonyl (C=O) groups is 9. The summed E-state index contributed by atoms with van der Waals surface area (Å²) in [6.07, 6.45) is -0.929. The first-order valence-corrected chi connectivity index (χ1v) is 31.5. The van der Waals surface area contributed by atoms with Crippen LogP contribution in [0.25, 0.3) is 0 Å². The molecule has 0 saturated heterocycles. The molecule has 0 aliphatic heterocycles. The average Bonchev–Trinajstić information content (AvgIpc) is 0.883. The number of phenolic OH excluding ortho intramolecular Hbond substituents is 7. The molecule has 8 aromatic carbocycles. The number of ether oxygens (including phenoxy) is 14. The summed E-state index contributed by atoms with van der Waals surface area (Å²) in [6.45, 7) is 8.57. The Morgan fingerprint density at radius 3 is 0.857 bits per heavy atom. The van der Waals surface area contributed by atoms with Crippen LogP contribution in [0.3, 0.4) is 0 Å². The maximum Gasteiger partial charge on any atom is 0.514 e. The van der Waals surface area contributed by atoms with Crippen LogP contribution in [0.1, 0.15) is 111 Å². The van der Waals surface area contributed by atoms with Gasteiger partial charge in [0.1, 0.15) is 17.2 Å². The van der Waals surface area contributed by atoms with Crippen molar-refractivity contribution in [3.63, 3.8) is 0 Å². The summed E-state index contributed by atoms with van der Waals surface area (Å²) in [5, 5.41) is 132. The van der Waals surface area contributed by atoms with Crippen LogP contribution >= 0.6 is 0 Å². The molecule has 8 rings (SSSR count). The molecule has 0 saturated carbocycles. The summed E-state index contributed by atoms with van der Waals surface area (Å²) in [7, 11) is 12.6. The second kappa shape index (κ2) is 48.2. The largest absolute Gasteiger partial charge is 0.514 e. The first-order chi connectivity index (χ1) is 52.9. The van der Waals surface area contributed by atoms with Gasteiger partial charge in [-0.25, -0.2) is 43.2 Å². The van der Waals surface area contributed by atoms with Gasteiger partial charge >= 0.3 is 53.9 Å². The molecule has 0 aliphatic rings. The monoisotopic (exact) mass is 1580 g/mol. The molecule has 0 fully saturated rings. The summed E-state index contributed by atoms with van der Waals surface area (Å²) in [6, 6.07) is 25.2. The average molecular weight is 1580 g/mol.